The lowest BCUT2D eigenvalue weighted by molar-refractivity contribution is 0.102. The van der Waals surface area contributed by atoms with Crippen molar-refractivity contribution >= 4 is 39.1 Å². The molecule has 0 bridgehead atoms. The number of halogens is 4. The van der Waals surface area contributed by atoms with Crippen LogP contribution < -0.4 is 5.32 Å². The summed E-state index contributed by atoms with van der Waals surface area (Å²) in [7, 11) is 0. The SMILES string of the molecule is O=C(Nc1ccc(Br)cc1F)c1cccc(F)c1Cl. The van der Waals surface area contributed by atoms with E-state index in [4.69, 9.17) is 11.6 Å². The third-order valence-electron chi connectivity index (χ3n) is 2.38. The standard InChI is InChI=1S/C13H7BrClF2NO/c14-7-4-5-11(10(17)6-7)18-13(19)8-2-1-3-9(16)12(8)15/h1-6H,(H,18,19). The summed E-state index contributed by atoms with van der Waals surface area (Å²) in [6, 6.07) is 8.03. The summed E-state index contributed by atoms with van der Waals surface area (Å²) in [6.07, 6.45) is 0. The minimum Gasteiger partial charge on any atom is -0.319 e. The summed E-state index contributed by atoms with van der Waals surface area (Å²) < 4.78 is 27.3. The fourth-order valence-corrected chi connectivity index (χ4v) is 2.00. The number of carbonyl (C=O) groups excluding carboxylic acids is 1. The zero-order valence-corrected chi connectivity index (χ0v) is 11.7. The van der Waals surface area contributed by atoms with Crippen molar-refractivity contribution in [2.45, 2.75) is 0 Å². The van der Waals surface area contributed by atoms with Gasteiger partial charge in [-0.1, -0.05) is 33.6 Å². The molecule has 2 aromatic rings. The van der Waals surface area contributed by atoms with Crippen LogP contribution in [0.2, 0.25) is 5.02 Å². The molecule has 0 heterocycles. The molecular weight excluding hydrogens is 340 g/mol. The average molecular weight is 347 g/mol. The first-order chi connectivity index (χ1) is 8.99. The molecule has 2 nitrogen and oxygen atoms in total. The van der Waals surface area contributed by atoms with Crippen molar-refractivity contribution in [3.63, 3.8) is 0 Å². The van der Waals surface area contributed by atoms with Gasteiger partial charge in [0.25, 0.3) is 5.91 Å². The molecule has 0 aliphatic carbocycles. The van der Waals surface area contributed by atoms with E-state index >= 15 is 0 Å². The molecule has 0 radical (unpaired) electrons. The molecule has 0 saturated carbocycles. The molecular formula is C13H7BrClF2NO. The number of carbonyl (C=O) groups is 1. The lowest BCUT2D eigenvalue weighted by atomic mass is 10.2. The van der Waals surface area contributed by atoms with Crippen molar-refractivity contribution < 1.29 is 13.6 Å². The van der Waals surface area contributed by atoms with Gasteiger partial charge in [0, 0.05) is 4.47 Å². The van der Waals surface area contributed by atoms with Gasteiger partial charge in [-0.05, 0) is 30.3 Å². The van der Waals surface area contributed by atoms with Gasteiger partial charge in [0.15, 0.2) is 0 Å². The maximum atomic E-state index is 13.6. The summed E-state index contributed by atoms with van der Waals surface area (Å²) in [5.74, 6) is -1.98. The van der Waals surface area contributed by atoms with Gasteiger partial charge in [-0.25, -0.2) is 8.78 Å². The largest absolute Gasteiger partial charge is 0.319 e. The van der Waals surface area contributed by atoms with Crippen LogP contribution in [0, 0.1) is 11.6 Å². The van der Waals surface area contributed by atoms with Gasteiger partial charge in [0.1, 0.15) is 11.6 Å². The number of benzene rings is 2. The van der Waals surface area contributed by atoms with Gasteiger partial charge >= 0.3 is 0 Å². The van der Waals surface area contributed by atoms with Gasteiger partial charge in [0.05, 0.1) is 16.3 Å². The normalized spacial score (nSPS) is 10.3. The first-order valence-electron chi connectivity index (χ1n) is 5.19. The van der Waals surface area contributed by atoms with E-state index in [1.165, 1.54) is 24.3 Å². The molecule has 6 heteroatoms. The fourth-order valence-electron chi connectivity index (χ4n) is 1.46. The van der Waals surface area contributed by atoms with Crippen LogP contribution in [0.5, 0.6) is 0 Å². The van der Waals surface area contributed by atoms with Gasteiger partial charge in [0.2, 0.25) is 0 Å². The highest BCUT2D eigenvalue weighted by Crippen LogP contribution is 2.23. The monoisotopic (exact) mass is 345 g/mol. The van der Waals surface area contributed by atoms with Crippen molar-refractivity contribution in [3.05, 3.63) is 63.1 Å². The third kappa shape index (κ3) is 3.11. The second kappa shape index (κ2) is 5.67. The molecule has 0 aliphatic rings. The second-order valence-electron chi connectivity index (χ2n) is 3.68. The first kappa shape index (κ1) is 14.0. The summed E-state index contributed by atoms with van der Waals surface area (Å²) in [6.45, 7) is 0. The van der Waals surface area contributed by atoms with Crippen LogP contribution in [0.15, 0.2) is 40.9 Å². The Kier molecular flexibility index (Phi) is 4.17. The maximum absolute atomic E-state index is 13.6. The third-order valence-corrected chi connectivity index (χ3v) is 3.25. The van der Waals surface area contributed by atoms with Gasteiger partial charge in [-0.2, -0.15) is 0 Å². The van der Waals surface area contributed by atoms with Crippen molar-refractivity contribution in [2.75, 3.05) is 5.32 Å². The van der Waals surface area contributed by atoms with E-state index in [1.54, 1.807) is 6.07 Å². The van der Waals surface area contributed by atoms with Crippen LogP contribution in [-0.4, -0.2) is 5.91 Å². The zero-order chi connectivity index (χ0) is 14.0. The Morgan fingerprint density at radius 3 is 2.58 bits per heavy atom. The smallest absolute Gasteiger partial charge is 0.257 e. The van der Waals surface area contributed by atoms with Crippen molar-refractivity contribution in [3.8, 4) is 0 Å². The Morgan fingerprint density at radius 1 is 1.16 bits per heavy atom. The Labute approximate surface area is 121 Å². The Bertz CT molecular complexity index is 649. The summed E-state index contributed by atoms with van der Waals surface area (Å²) in [5, 5.41) is 2.04. The fraction of sp³-hybridized carbons (Fsp3) is 0. The van der Waals surface area contributed by atoms with E-state index in [0.717, 1.165) is 6.07 Å². The zero-order valence-electron chi connectivity index (χ0n) is 9.38. The van der Waals surface area contributed by atoms with Crippen molar-refractivity contribution in [1.82, 2.24) is 0 Å². The lowest BCUT2D eigenvalue weighted by Crippen LogP contribution is -2.14. The van der Waals surface area contributed by atoms with E-state index in [9.17, 15) is 13.6 Å². The van der Waals surface area contributed by atoms with Crippen LogP contribution in [0.4, 0.5) is 14.5 Å². The van der Waals surface area contributed by atoms with Crippen LogP contribution in [0.25, 0.3) is 0 Å². The highest BCUT2D eigenvalue weighted by atomic mass is 79.9. The predicted octanol–water partition coefficient (Wildman–Crippen LogP) is 4.63. The molecule has 19 heavy (non-hydrogen) atoms. The minimum absolute atomic E-state index is 0.00599. The maximum Gasteiger partial charge on any atom is 0.257 e. The number of nitrogens with one attached hydrogen (secondary N) is 1. The van der Waals surface area contributed by atoms with Gasteiger partial charge in [-0.15, -0.1) is 0 Å². The lowest BCUT2D eigenvalue weighted by Gasteiger charge is -2.08. The highest BCUT2D eigenvalue weighted by Gasteiger charge is 2.15. The summed E-state index contributed by atoms with van der Waals surface area (Å²) in [5.41, 5.74) is -0.0579. The number of amides is 1. The van der Waals surface area contributed by atoms with Crippen LogP contribution in [-0.2, 0) is 0 Å². The second-order valence-corrected chi connectivity index (χ2v) is 4.97. The van der Waals surface area contributed by atoms with E-state index in [1.807, 2.05) is 0 Å². The Balaban J connectivity index is 2.28. The minimum atomic E-state index is -0.703. The molecule has 0 saturated heterocycles. The Morgan fingerprint density at radius 2 is 1.89 bits per heavy atom. The topological polar surface area (TPSA) is 29.1 Å². The molecule has 1 amide bonds. The van der Waals surface area contributed by atoms with Crippen molar-refractivity contribution in [2.24, 2.45) is 0 Å². The van der Waals surface area contributed by atoms with E-state index in [0.29, 0.717) is 4.47 Å². The number of hydrogen-bond donors (Lipinski definition) is 1. The van der Waals surface area contributed by atoms with E-state index in [-0.39, 0.29) is 16.3 Å². The van der Waals surface area contributed by atoms with Crippen LogP contribution >= 0.6 is 27.5 Å². The summed E-state index contributed by atoms with van der Waals surface area (Å²) in [4.78, 5) is 11.9. The van der Waals surface area contributed by atoms with Crippen LogP contribution in [0.1, 0.15) is 10.4 Å². The molecule has 0 spiro atoms. The molecule has 98 valence electrons. The molecule has 0 aromatic heterocycles. The Hall–Kier alpha value is -1.46. The molecule has 2 aromatic carbocycles. The van der Waals surface area contributed by atoms with Crippen molar-refractivity contribution in [1.29, 1.82) is 0 Å². The molecule has 0 aliphatic heterocycles. The summed E-state index contributed by atoms with van der Waals surface area (Å²) >= 11 is 8.79. The number of hydrogen-bond acceptors (Lipinski definition) is 1. The molecule has 0 unspecified atom stereocenters. The molecule has 0 fully saturated rings. The molecule has 1 N–H and O–H groups in total. The van der Waals surface area contributed by atoms with E-state index < -0.39 is 17.5 Å². The van der Waals surface area contributed by atoms with Gasteiger partial charge in [-0.3, -0.25) is 4.79 Å². The van der Waals surface area contributed by atoms with E-state index in [2.05, 4.69) is 21.2 Å². The van der Waals surface area contributed by atoms with Crippen LogP contribution in [0.3, 0.4) is 0 Å². The van der Waals surface area contributed by atoms with Gasteiger partial charge < -0.3 is 5.32 Å². The predicted molar refractivity (Wildman–Crippen MR) is 73.5 cm³/mol. The highest BCUT2D eigenvalue weighted by molar-refractivity contribution is 9.10. The molecule has 0 atom stereocenters. The number of rotatable bonds is 2. The first-order valence-corrected chi connectivity index (χ1v) is 6.36. The number of anilines is 1. The molecule has 2 rings (SSSR count). The average Bonchev–Trinajstić information content (AvgIpc) is 2.36. The quantitative estimate of drug-likeness (QED) is 0.844.